The third kappa shape index (κ3) is 6.07. The fourth-order valence-corrected chi connectivity index (χ4v) is 4.16. The van der Waals surface area contributed by atoms with Crippen molar-refractivity contribution in [1.82, 2.24) is 5.32 Å². The fraction of sp³-hybridized carbons (Fsp3) is 0.333. The molecule has 0 aliphatic rings. The number of halogens is 2. The van der Waals surface area contributed by atoms with Gasteiger partial charge in [-0.2, -0.15) is 0 Å². The van der Waals surface area contributed by atoms with Crippen LogP contribution in [0.25, 0.3) is 0 Å². The third-order valence-electron chi connectivity index (χ3n) is 4.37. The van der Waals surface area contributed by atoms with Gasteiger partial charge in [-0.05, 0) is 95.5 Å². The van der Waals surface area contributed by atoms with E-state index in [1.807, 2.05) is 0 Å². The number of phenols is 1. The third-order valence-corrected chi connectivity index (χ3v) is 6.16. The van der Waals surface area contributed by atoms with Crippen molar-refractivity contribution in [2.75, 3.05) is 6.61 Å². The molecule has 172 valence electrons. The van der Waals surface area contributed by atoms with Gasteiger partial charge in [-0.15, -0.1) is 0 Å². The molecule has 2 aromatic rings. The summed E-state index contributed by atoms with van der Waals surface area (Å²) in [6.45, 7) is 6.21. The van der Waals surface area contributed by atoms with Gasteiger partial charge in [0.1, 0.15) is 17.0 Å². The lowest BCUT2D eigenvalue weighted by molar-refractivity contribution is -0.149. The molecular formula is C21H22Br2NO7P. The first-order valence-corrected chi connectivity index (χ1v) is 11.8. The van der Waals surface area contributed by atoms with Crippen LogP contribution in [0.15, 0.2) is 39.3 Å². The smallest absolute Gasteiger partial charge is 0.331 e. The highest BCUT2D eigenvalue weighted by Gasteiger charge is 2.32. The van der Waals surface area contributed by atoms with E-state index in [0.717, 1.165) is 0 Å². The second kappa shape index (κ2) is 10.3. The summed E-state index contributed by atoms with van der Waals surface area (Å²) in [5, 5.41) is 21.3. The predicted molar refractivity (Wildman–Crippen MR) is 125 cm³/mol. The molecule has 0 bridgehead atoms. The number of hydrogen-bond acceptors (Lipinski definition) is 7. The molecule has 32 heavy (non-hydrogen) atoms. The number of amides is 1. The summed E-state index contributed by atoms with van der Waals surface area (Å²) < 4.78 is 23.0. The fourth-order valence-electron chi connectivity index (χ4n) is 2.58. The van der Waals surface area contributed by atoms with E-state index in [1.54, 1.807) is 19.1 Å². The molecular weight excluding hydrogens is 569 g/mol. The summed E-state index contributed by atoms with van der Waals surface area (Å²) in [7, 11) is -0.465. The van der Waals surface area contributed by atoms with Gasteiger partial charge in [-0.1, -0.05) is 0 Å². The zero-order valence-electron chi connectivity index (χ0n) is 17.7. The maximum absolute atomic E-state index is 12.7. The normalized spacial score (nSPS) is 13.3. The number of phenolic OH excluding ortho intramolecular Hbond substituents is 1. The SMILES string of the molecule is CCOC(=O)C(C)(C)NC(=O)c1cc(Oc2c(Br)cc(C(C)(O)P=O)cc2Br)ccc1O. The Morgan fingerprint density at radius 3 is 2.25 bits per heavy atom. The number of carbonyl (C=O) groups excluding carboxylic acids is 2. The monoisotopic (exact) mass is 589 g/mol. The first kappa shape index (κ1) is 26.3. The highest BCUT2D eigenvalue weighted by Crippen LogP contribution is 2.42. The lowest BCUT2D eigenvalue weighted by Crippen LogP contribution is -2.50. The predicted octanol–water partition coefficient (Wildman–Crippen LogP) is 5.24. The van der Waals surface area contributed by atoms with Crippen molar-refractivity contribution in [3.05, 3.63) is 50.4 Å². The number of aliphatic hydroxyl groups is 1. The maximum Gasteiger partial charge on any atom is 0.331 e. The molecule has 1 atom stereocenters. The minimum absolute atomic E-state index is 0.100. The van der Waals surface area contributed by atoms with Crippen LogP contribution in [0.5, 0.6) is 17.2 Å². The molecule has 1 amide bonds. The van der Waals surface area contributed by atoms with Crippen molar-refractivity contribution < 1.29 is 33.8 Å². The van der Waals surface area contributed by atoms with Gasteiger partial charge >= 0.3 is 5.97 Å². The van der Waals surface area contributed by atoms with E-state index < -0.39 is 31.2 Å². The molecule has 0 saturated carbocycles. The van der Waals surface area contributed by atoms with E-state index in [1.165, 1.54) is 39.0 Å². The number of benzene rings is 2. The molecule has 0 radical (unpaired) electrons. The van der Waals surface area contributed by atoms with Crippen LogP contribution in [0.4, 0.5) is 0 Å². The molecule has 1 unspecified atom stereocenters. The van der Waals surface area contributed by atoms with Gasteiger partial charge in [0.05, 0.1) is 21.1 Å². The first-order chi connectivity index (χ1) is 14.8. The van der Waals surface area contributed by atoms with E-state index >= 15 is 0 Å². The van der Waals surface area contributed by atoms with Crippen molar-refractivity contribution in [2.24, 2.45) is 0 Å². The van der Waals surface area contributed by atoms with Gasteiger partial charge in [-0.25, -0.2) is 4.79 Å². The van der Waals surface area contributed by atoms with Gasteiger partial charge in [0.15, 0.2) is 19.6 Å². The molecule has 0 heterocycles. The van der Waals surface area contributed by atoms with Crippen LogP contribution in [-0.2, 0) is 19.4 Å². The van der Waals surface area contributed by atoms with E-state index in [9.17, 15) is 24.4 Å². The lowest BCUT2D eigenvalue weighted by atomic mass is 10.0. The highest BCUT2D eigenvalue weighted by atomic mass is 79.9. The van der Waals surface area contributed by atoms with E-state index in [2.05, 4.69) is 37.2 Å². The number of carbonyl (C=O) groups is 2. The quantitative estimate of drug-likeness (QED) is 0.284. The standard InChI is InChI=1S/C21H22Br2NO7P/c1-5-30-19(27)20(2,3)24-18(26)13-10-12(6-7-16(13)25)31-17-14(22)8-11(9-15(17)23)21(4,28)32-29/h6-10,25,28H,5H2,1-4H3,(H,24,26). The van der Waals surface area contributed by atoms with Crippen LogP contribution in [-0.4, -0.2) is 34.2 Å². The minimum atomic E-state index is -1.58. The van der Waals surface area contributed by atoms with Crippen LogP contribution < -0.4 is 10.1 Å². The van der Waals surface area contributed by atoms with Crippen LogP contribution in [0.3, 0.4) is 0 Å². The van der Waals surface area contributed by atoms with Gasteiger partial charge in [-0.3, -0.25) is 9.36 Å². The van der Waals surface area contributed by atoms with E-state index in [0.29, 0.717) is 20.3 Å². The summed E-state index contributed by atoms with van der Waals surface area (Å²) in [5.74, 6) is -1.04. The Morgan fingerprint density at radius 2 is 1.72 bits per heavy atom. The number of nitrogens with one attached hydrogen (secondary N) is 1. The molecule has 2 rings (SSSR count). The number of ether oxygens (including phenoxy) is 2. The summed E-state index contributed by atoms with van der Waals surface area (Å²) in [5.41, 5.74) is -1.03. The minimum Gasteiger partial charge on any atom is -0.507 e. The Balaban J connectivity index is 2.33. The van der Waals surface area contributed by atoms with E-state index in [4.69, 9.17) is 9.47 Å². The largest absolute Gasteiger partial charge is 0.507 e. The second-order valence-corrected chi connectivity index (χ2v) is 10.2. The molecule has 0 fully saturated rings. The summed E-state index contributed by atoms with van der Waals surface area (Å²) >= 11 is 6.72. The topological polar surface area (TPSA) is 122 Å². The molecule has 0 aliphatic heterocycles. The van der Waals surface area contributed by atoms with Crippen LogP contribution >= 0.6 is 40.3 Å². The highest BCUT2D eigenvalue weighted by molar-refractivity contribution is 9.11. The van der Waals surface area contributed by atoms with Crippen LogP contribution in [0.1, 0.15) is 43.6 Å². The van der Waals surface area contributed by atoms with Crippen molar-refractivity contribution in [3.63, 3.8) is 0 Å². The van der Waals surface area contributed by atoms with Crippen molar-refractivity contribution >= 4 is 52.2 Å². The maximum atomic E-state index is 12.7. The molecule has 0 saturated heterocycles. The average molecular weight is 591 g/mol. The van der Waals surface area contributed by atoms with Gasteiger partial charge in [0.2, 0.25) is 0 Å². The Hall–Kier alpha value is -2.00. The molecule has 8 nitrogen and oxygen atoms in total. The Kier molecular flexibility index (Phi) is 8.44. The molecule has 0 aliphatic carbocycles. The number of esters is 1. The van der Waals surface area contributed by atoms with Crippen molar-refractivity contribution in [2.45, 2.75) is 38.6 Å². The summed E-state index contributed by atoms with van der Waals surface area (Å²) in [4.78, 5) is 24.8. The average Bonchev–Trinajstić information content (AvgIpc) is 2.71. The zero-order valence-corrected chi connectivity index (χ0v) is 21.8. The molecule has 0 aromatic heterocycles. The second-order valence-electron chi connectivity index (χ2n) is 7.46. The lowest BCUT2D eigenvalue weighted by Gasteiger charge is -2.24. The number of aromatic hydroxyl groups is 1. The molecule has 0 spiro atoms. The van der Waals surface area contributed by atoms with Crippen LogP contribution in [0.2, 0.25) is 0 Å². The first-order valence-electron chi connectivity index (χ1n) is 9.39. The van der Waals surface area contributed by atoms with E-state index in [-0.39, 0.29) is 23.7 Å². The van der Waals surface area contributed by atoms with Crippen LogP contribution in [0, 0.1) is 0 Å². The van der Waals surface area contributed by atoms with Gasteiger partial charge in [0, 0.05) is 0 Å². The molecule has 2 aromatic carbocycles. The molecule has 11 heteroatoms. The van der Waals surface area contributed by atoms with Crippen molar-refractivity contribution in [3.8, 4) is 17.2 Å². The summed E-state index contributed by atoms with van der Waals surface area (Å²) in [6.07, 6.45) is 0. The van der Waals surface area contributed by atoms with Crippen molar-refractivity contribution in [1.29, 1.82) is 0 Å². The Morgan fingerprint density at radius 1 is 1.12 bits per heavy atom. The Bertz CT molecular complexity index is 1030. The van der Waals surface area contributed by atoms with Gasteiger partial charge < -0.3 is 25.0 Å². The number of hydrogen-bond donors (Lipinski definition) is 3. The molecule has 3 N–H and O–H groups in total. The number of rotatable bonds is 8. The zero-order chi connectivity index (χ0) is 24.3. The Labute approximate surface area is 203 Å². The summed E-state index contributed by atoms with van der Waals surface area (Å²) in [6, 6.07) is 7.19. The van der Waals surface area contributed by atoms with Gasteiger partial charge in [0.25, 0.3) is 5.91 Å².